The van der Waals surface area contributed by atoms with Gasteiger partial charge in [-0.3, -0.25) is 9.59 Å². The highest BCUT2D eigenvalue weighted by Gasteiger charge is 2.78. The van der Waals surface area contributed by atoms with Crippen molar-refractivity contribution in [1.29, 1.82) is 0 Å². The number of carbonyl (C=O) groups excluding carboxylic acids is 4. The van der Waals surface area contributed by atoms with Crippen molar-refractivity contribution in [1.82, 2.24) is 10.6 Å². The Morgan fingerprint density at radius 1 is 0.727 bits per heavy atom. The first-order chi connectivity index (χ1) is 46.8. The van der Waals surface area contributed by atoms with Crippen LogP contribution in [0.4, 0.5) is 4.79 Å². The zero-order valence-corrected chi connectivity index (χ0v) is 62.7. The fraction of sp³-hybridized carbons (Fsp3) is 0.778. The lowest BCUT2D eigenvalue weighted by Crippen LogP contribution is -2.82. The second-order valence-electron chi connectivity index (χ2n) is 35.1. The summed E-state index contributed by atoms with van der Waals surface area (Å²) in [6, 6.07) is 19.8. The van der Waals surface area contributed by atoms with E-state index in [0.717, 1.165) is 62.5 Å². The fourth-order valence-corrected chi connectivity index (χ4v) is 21.2. The molecule has 18 nitrogen and oxygen atoms in total. The number of fused-ring (bicyclic) bond motifs is 9. The maximum Gasteiger partial charge on any atom is 0.407 e. The Balaban J connectivity index is 0.857. The SMILES string of the molecule is CC[C@@H]1O[C@@H]2C(OC2(OC(=O)C23CCC(C)(C)CC2C2=CCC4C5(C)CC[C@H](C)[C@](C)(C=O)[C@@H]5CC[C@]4(C)[C@]2(C)C[C@@H]3OC)[C@@H]2O[C@H](C)C(O[C@@H]3OCC(OCc4ccccc4)C(OCc4ccccc4)C3C)C3OC(C)(C)OC32)C(C)C1NC(=O)CCCCCNC(=O)OC(C)(C)C. The summed E-state index contributed by atoms with van der Waals surface area (Å²) in [7, 11) is 1.78. The third-order valence-corrected chi connectivity index (χ3v) is 27.0. The van der Waals surface area contributed by atoms with Crippen LogP contribution in [0.3, 0.4) is 0 Å². The van der Waals surface area contributed by atoms with Gasteiger partial charge in [-0.05, 0) is 175 Å². The Hall–Kier alpha value is -4.34. The van der Waals surface area contributed by atoms with E-state index in [1.807, 2.05) is 90.1 Å². The van der Waals surface area contributed by atoms with Crippen molar-refractivity contribution in [2.75, 3.05) is 20.3 Å². The maximum atomic E-state index is 17.1. The van der Waals surface area contributed by atoms with E-state index in [1.54, 1.807) is 7.11 Å². The van der Waals surface area contributed by atoms with Gasteiger partial charge in [0.1, 0.15) is 41.7 Å². The molecule has 2 N–H and O–H groups in total. The molecule has 0 spiro atoms. The molecule has 5 aliphatic heterocycles. The molecule has 25 atom stereocenters. The van der Waals surface area contributed by atoms with Crippen molar-refractivity contribution in [3.63, 3.8) is 0 Å². The number of hydrogen-bond acceptors (Lipinski definition) is 16. The van der Waals surface area contributed by atoms with Crippen molar-refractivity contribution in [3.8, 4) is 0 Å². The molecule has 99 heavy (non-hydrogen) atoms. The number of ether oxygens (including phenoxy) is 12. The first-order valence-electron chi connectivity index (χ1n) is 37.9. The standard InChI is InChI=1S/C81H120N2O16/c1-18-56-62(83-61(85)32-26-21-27-41-82-72(87)99-73(6,7)8)49(3)64-68(93-56)81(97-64,69-67-66(95-75(11,12)96-67)65(51(5)92-69)94-70-50(4)63(90-45-53-30-24-20-25-31-53)57(46-91-70)89-44-52-28-22-19-23-29-52)98-71(86)80-40-39-74(9,10)42-55(80)54-33-34-59-76(13)37-35-48(2)77(14,47-84)58(76)36-38-78(59,15)79(54,16)43-60(80)88-17/h19-20,22-25,28-31,33,47-51,55-60,62-70H,18,21,26-27,32,34-46H2,1-17H3,(H,82,87)(H,83,85)/t48-,49?,50?,51+,55?,56-,57?,58+,59?,60-,62?,63?,64?,65?,66?,67?,68+,69+,70-,76?,77-,78-,79+,80?,81?/m0/s1. The molecular weight excluding hydrogens is 1260 g/mol. The average Bonchev–Trinajstić information content (AvgIpc) is 0.744. The van der Waals surface area contributed by atoms with E-state index in [-0.39, 0.29) is 57.8 Å². The molecule has 4 saturated carbocycles. The number of alkyl carbamates (subject to hydrolysis) is 1. The predicted octanol–water partition coefficient (Wildman–Crippen LogP) is 14.1. The highest BCUT2D eigenvalue weighted by Crippen LogP contribution is 2.77. The number of allylic oxidation sites excluding steroid dienone is 2. The van der Waals surface area contributed by atoms with Crippen LogP contribution in [-0.4, -0.2) is 141 Å². The van der Waals surface area contributed by atoms with E-state index in [1.165, 1.54) is 11.9 Å². The molecule has 0 bridgehead atoms. The summed E-state index contributed by atoms with van der Waals surface area (Å²) in [6.07, 6.45) is 5.50. The van der Waals surface area contributed by atoms with Gasteiger partial charge in [0, 0.05) is 37.3 Å². The molecule has 2 aromatic carbocycles. The van der Waals surface area contributed by atoms with Crippen molar-refractivity contribution in [2.45, 2.75) is 311 Å². The Morgan fingerprint density at radius 3 is 2.07 bits per heavy atom. The van der Waals surface area contributed by atoms with E-state index < -0.39 is 120 Å². The molecule has 9 fully saturated rings. The Bertz CT molecular complexity index is 3210. The van der Waals surface area contributed by atoms with Crippen LogP contribution in [0.5, 0.6) is 0 Å². The molecule has 14 unspecified atom stereocenters. The fourth-order valence-electron chi connectivity index (χ4n) is 21.2. The molecular formula is C81H120N2O16. The monoisotopic (exact) mass is 1380 g/mol. The minimum Gasteiger partial charge on any atom is -0.444 e. The van der Waals surface area contributed by atoms with Gasteiger partial charge in [-0.2, -0.15) is 0 Å². The van der Waals surface area contributed by atoms with Crippen LogP contribution < -0.4 is 10.6 Å². The topological polar surface area (TPSA) is 203 Å². The second kappa shape index (κ2) is 28.3. The summed E-state index contributed by atoms with van der Waals surface area (Å²) in [5.74, 6) is -3.48. The molecule has 2 amide bonds. The molecule has 5 saturated heterocycles. The van der Waals surface area contributed by atoms with Gasteiger partial charge in [-0.15, -0.1) is 0 Å². The lowest BCUT2D eigenvalue weighted by molar-refractivity contribution is -0.465. The number of hydrogen-bond donors (Lipinski definition) is 2. The Kier molecular flexibility index (Phi) is 21.2. The summed E-state index contributed by atoms with van der Waals surface area (Å²) < 4.78 is 83.9. The van der Waals surface area contributed by atoms with Gasteiger partial charge in [0.05, 0.1) is 56.4 Å². The third kappa shape index (κ3) is 13.6. The van der Waals surface area contributed by atoms with E-state index in [2.05, 4.69) is 98.1 Å². The molecule has 2 aromatic rings. The van der Waals surface area contributed by atoms with Gasteiger partial charge in [0.15, 0.2) is 24.3 Å². The summed E-state index contributed by atoms with van der Waals surface area (Å²) >= 11 is 0. The summed E-state index contributed by atoms with van der Waals surface area (Å²) in [5, 5.41) is 6.18. The summed E-state index contributed by atoms with van der Waals surface area (Å²) in [5.41, 5.74) is 0.641. The maximum absolute atomic E-state index is 17.1. The summed E-state index contributed by atoms with van der Waals surface area (Å²) in [4.78, 5) is 56.7. The highest BCUT2D eigenvalue weighted by molar-refractivity contribution is 5.80. The molecule has 5 aliphatic carbocycles. The average molecular weight is 1380 g/mol. The van der Waals surface area contributed by atoms with Gasteiger partial charge in [-0.25, -0.2) is 4.79 Å². The van der Waals surface area contributed by atoms with E-state index >= 15 is 4.79 Å². The number of rotatable bonds is 21. The largest absolute Gasteiger partial charge is 0.444 e. The molecule has 12 rings (SSSR count). The van der Waals surface area contributed by atoms with Crippen LogP contribution in [0.1, 0.15) is 212 Å². The number of nitrogens with one attached hydrogen (secondary N) is 2. The van der Waals surface area contributed by atoms with Crippen molar-refractivity contribution in [3.05, 3.63) is 83.4 Å². The van der Waals surface area contributed by atoms with Gasteiger partial charge < -0.3 is 72.3 Å². The number of methoxy groups -OCH3 is 1. The molecule has 550 valence electrons. The zero-order valence-electron chi connectivity index (χ0n) is 62.7. The number of amides is 2. The number of aldehydes is 1. The summed E-state index contributed by atoms with van der Waals surface area (Å²) in [6.45, 7) is 35.6. The van der Waals surface area contributed by atoms with Gasteiger partial charge in [0.2, 0.25) is 5.91 Å². The number of carbonyl (C=O) groups is 4. The van der Waals surface area contributed by atoms with Crippen LogP contribution >= 0.6 is 0 Å². The first-order valence-corrected chi connectivity index (χ1v) is 37.9. The normalized spacial score (nSPS) is 43.4. The first kappa shape index (κ1) is 74.4. The quantitative estimate of drug-likeness (QED) is 0.0516. The molecule has 0 radical (unpaired) electrons. The van der Waals surface area contributed by atoms with Crippen LogP contribution in [0.25, 0.3) is 0 Å². The van der Waals surface area contributed by atoms with Crippen LogP contribution in [0, 0.1) is 68.0 Å². The van der Waals surface area contributed by atoms with E-state index in [9.17, 15) is 14.4 Å². The lowest BCUT2D eigenvalue weighted by atomic mass is 9.33. The zero-order chi connectivity index (χ0) is 71.0. The van der Waals surface area contributed by atoms with Crippen LogP contribution in [0.2, 0.25) is 0 Å². The van der Waals surface area contributed by atoms with Crippen LogP contribution in [0.15, 0.2) is 72.3 Å². The van der Waals surface area contributed by atoms with Gasteiger partial charge >= 0.3 is 12.1 Å². The molecule has 5 heterocycles. The van der Waals surface area contributed by atoms with Crippen molar-refractivity contribution in [2.24, 2.45) is 68.0 Å². The molecule has 10 aliphatic rings. The Labute approximate surface area is 590 Å². The highest BCUT2D eigenvalue weighted by atomic mass is 16.8. The minimum atomic E-state index is -1.88. The Morgan fingerprint density at radius 2 is 1.40 bits per heavy atom. The van der Waals surface area contributed by atoms with E-state index in [4.69, 9.17) is 56.8 Å². The number of esters is 1. The molecule has 18 heteroatoms. The van der Waals surface area contributed by atoms with Crippen LogP contribution in [-0.2, 0) is 84.4 Å². The smallest absolute Gasteiger partial charge is 0.407 e. The third-order valence-electron chi connectivity index (χ3n) is 27.0. The van der Waals surface area contributed by atoms with E-state index in [0.29, 0.717) is 70.1 Å². The van der Waals surface area contributed by atoms with Gasteiger partial charge in [-0.1, -0.05) is 148 Å². The lowest BCUT2D eigenvalue weighted by Gasteiger charge is -2.72. The van der Waals surface area contributed by atoms with Crippen molar-refractivity contribution < 1.29 is 76.0 Å². The molecule has 0 aromatic heterocycles. The minimum absolute atomic E-state index is 0.0490. The van der Waals surface area contributed by atoms with Gasteiger partial charge in [0.25, 0.3) is 5.79 Å². The number of benzene rings is 2. The number of unbranched alkanes of at least 4 members (excludes halogenated alkanes) is 2. The second-order valence-corrected chi connectivity index (χ2v) is 35.1. The van der Waals surface area contributed by atoms with Crippen molar-refractivity contribution >= 4 is 24.3 Å². The predicted molar refractivity (Wildman–Crippen MR) is 373 cm³/mol.